The Hall–Kier alpha value is -6.87. The van der Waals surface area contributed by atoms with Crippen molar-refractivity contribution in [2.75, 3.05) is 212 Å². The van der Waals surface area contributed by atoms with Crippen LogP contribution in [0.4, 0.5) is 0 Å². The van der Waals surface area contributed by atoms with Crippen molar-refractivity contribution in [2.45, 2.75) is 134 Å². The maximum Gasteiger partial charge on any atom is 1.00 e. The molecule has 9 N–H and O–H groups in total. The summed E-state index contributed by atoms with van der Waals surface area (Å²) < 4.78 is 68.1. The van der Waals surface area contributed by atoms with E-state index < -0.39 is 23.0 Å². The predicted molar refractivity (Wildman–Crippen MR) is 398 cm³/mol. The molecular formula is C74H121BN8NaO23. The molecule has 33 heteroatoms. The van der Waals surface area contributed by atoms with Crippen molar-refractivity contribution in [3.05, 3.63) is 0 Å². The molecule has 0 atom stereocenters. The number of amides is 8. The van der Waals surface area contributed by atoms with Gasteiger partial charge in [0.15, 0.2) is 0 Å². The van der Waals surface area contributed by atoms with Gasteiger partial charge in [0.05, 0.1) is 126 Å². The minimum atomic E-state index is -1.12. The van der Waals surface area contributed by atoms with E-state index in [1.807, 2.05) is 0 Å². The van der Waals surface area contributed by atoms with E-state index in [-0.39, 0.29) is 316 Å². The van der Waals surface area contributed by atoms with E-state index in [0.29, 0.717) is 92.1 Å². The van der Waals surface area contributed by atoms with Gasteiger partial charge in [-0.05, 0) is 57.8 Å². The summed E-state index contributed by atoms with van der Waals surface area (Å²) in [6, 6.07) is 0. The molecule has 0 saturated heterocycles. The average Bonchev–Trinajstić information content (AvgIpc) is 0.853. The van der Waals surface area contributed by atoms with Crippen molar-refractivity contribution in [1.82, 2.24) is 42.5 Å². The van der Waals surface area contributed by atoms with Crippen molar-refractivity contribution in [3.8, 4) is 74.1 Å². The van der Waals surface area contributed by atoms with Crippen LogP contribution >= 0.6 is 0 Å². The number of aliphatic hydroxyl groups excluding tert-OH is 1. The Balaban J connectivity index is -0.000000465. The van der Waals surface area contributed by atoms with Gasteiger partial charge in [0.1, 0.15) is 39.6 Å². The monoisotopic (exact) mass is 1520 g/mol. The second-order valence-corrected chi connectivity index (χ2v) is 22.6. The van der Waals surface area contributed by atoms with E-state index in [9.17, 15) is 48.3 Å². The largest absolute Gasteiger partial charge is 1.00 e. The fourth-order valence-corrected chi connectivity index (χ4v) is 9.06. The minimum absolute atomic E-state index is 0. The summed E-state index contributed by atoms with van der Waals surface area (Å²) in [5.74, 6) is 11.3. The number of hydrogen-bond donors (Lipinski definition) is 9. The van der Waals surface area contributed by atoms with Gasteiger partial charge >= 0.3 is 35.5 Å². The number of unbranched alkanes of at least 4 members (excludes halogenated alkanes) is 1. The second kappa shape index (κ2) is 81.6. The van der Waals surface area contributed by atoms with Crippen LogP contribution in [0.5, 0.6) is 0 Å². The number of terminal acetylenes is 6. The molecule has 0 aliphatic heterocycles. The molecule has 0 aliphatic rings. The molecule has 0 aromatic heterocycles. The summed E-state index contributed by atoms with van der Waals surface area (Å²) >= 11 is 0. The zero-order valence-electron chi connectivity index (χ0n) is 63.6. The summed E-state index contributed by atoms with van der Waals surface area (Å²) in [6.07, 6.45) is 33.1. The molecule has 0 aliphatic carbocycles. The van der Waals surface area contributed by atoms with Gasteiger partial charge in [0, 0.05) is 123 Å². The van der Waals surface area contributed by atoms with Crippen LogP contribution in [0, 0.1) is 74.1 Å². The quantitative estimate of drug-likeness (QED) is 0.0126. The van der Waals surface area contributed by atoms with Gasteiger partial charge in [0.2, 0.25) is 47.3 Å². The fourth-order valence-electron chi connectivity index (χ4n) is 9.06. The van der Waals surface area contributed by atoms with Crippen molar-refractivity contribution in [3.63, 3.8) is 0 Å². The third-order valence-electron chi connectivity index (χ3n) is 14.4. The molecule has 599 valence electrons. The molecule has 107 heavy (non-hydrogen) atoms. The Bertz CT molecular complexity index is 2380. The minimum Gasteiger partial charge on any atom is -1.00 e. The standard InChI is InChI=1S/C37H58N4O12.C36H58N4O11.CH4.B.Na.H/c1-5-20-48-26-29-51-23-17-38-32(42)11-14-37(41-35(45)9-8-10-36(46)47-4,15-12-33(43)39-18-24-52-30-27-49-21-6-2)16-13-34(44)40-19-25-53-31-28-50-22-7-3;1-4-20-46-26-29-49-23-16-37-32(42)10-13-36(40-35(45)9-7-8-19-41,14-11-33(43)38-17-24-50-30-27-47-21-5-2)15-12-34(44)39-18-25-51-31-28-48-22-6-3;;;;/h1-3H,8-31H2,4H3,(H,38,42)(H,39,43)(H,40,44)(H,41,45);1-3,41H,7-31H2,(H,37,42)(H,38,43)(H,39,44)(H,40,45);1H4;;;/q;;;;+1;-1. The Morgan fingerprint density at radius 2 is 0.514 bits per heavy atom. The number of rotatable bonds is 70. The number of ether oxygens (including phenoxy) is 13. The number of carbonyl (C=O) groups is 9. The van der Waals surface area contributed by atoms with Crippen molar-refractivity contribution in [2.24, 2.45) is 0 Å². The van der Waals surface area contributed by atoms with Crippen LogP contribution < -0.4 is 72.1 Å². The van der Waals surface area contributed by atoms with Gasteiger partial charge in [-0.1, -0.05) is 42.9 Å². The molecule has 0 spiro atoms. The third kappa shape index (κ3) is 74.4. The Morgan fingerprint density at radius 3 is 0.710 bits per heavy atom. The van der Waals surface area contributed by atoms with E-state index in [4.69, 9.17) is 95.4 Å². The summed E-state index contributed by atoms with van der Waals surface area (Å²) in [6.45, 7) is 8.02. The van der Waals surface area contributed by atoms with Gasteiger partial charge in [-0.2, -0.15) is 0 Å². The Labute approximate surface area is 661 Å². The van der Waals surface area contributed by atoms with E-state index in [0.717, 1.165) is 0 Å². The van der Waals surface area contributed by atoms with E-state index in [2.05, 4.69) is 82.8 Å². The maximum absolute atomic E-state index is 13.2. The summed E-state index contributed by atoms with van der Waals surface area (Å²) in [5.41, 5.74) is -2.17. The van der Waals surface area contributed by atoms with Gasteiger partial charge in [-0.3, -0.25) is 43.2 Å². The molecule has 8 amide bonds. The molecular weight excluding hydrogens is 1400 g/mol. The van der Waals surface area contributed by atoms with Crippen molar-refractivity contribution in [1.29, 1.82) is 0 Å². The van der Waals surface area contributed by atoms with Gasteiger partial charge in [0.25, 0.3) is 0 Å². The van der Waals surface area contributed by atoms with Crippen molar-refractivity contribution >= 4 is 61.6 Å². The summed E-state index contributed by atoms with van der Waals surface area (Å²) in [4.78, 5) is 115. The number of hydrogen-bond acceptors (Lipinski definition) is 23. The first-order chi connectivity index (χ1) is 50.5. The van der Waals surface area contributed by atoms with Crippen LogP contribution in [0.1, 0.15) is 124 Å². The molecule has 3 radical (unpaired) electrons. The van der Waals surface area contributed by atoms with E-state index in [1.54, 1.807) is 0 Å². The molecule has 31 nitrogen and oxygen atoms in total. The number of aliphatic hydroxyl groups is 1. The fraction of sp³-hybridized carbons (Fsp3) is 0.716. The summed E-state index contributed by atoms with van der Waals surface area (Å²) in [7, 11) is 1.26. The first-order valence-electron chi connectivity index (χ1n) is 35.0. The van der Waals surface area contributed by atoms with Crippen LogP contribution in [-0.2, 0) is 105 Å². The first-order valence-corrected chi connectivity index (χ1v) is 35.0. The third-order valence-corrected chi connectivity index (χ3v) is 14.4. The molecule has 0 heterocycles. The zero-order valence-corrected chi connectivity index (χ0v) is 64.6. The van der Waals surface area contributed by atoms with Crippen LogP contribution in [-0.4, -0.2) is 289 Å². The summed E-state index contributed by atoms with van der Waals surface area (Å²) in [5, 5.41) is 31.9. The molecule has 0 aromatic carbocycles. The second-order valence-electron chi connectivity index (χ2n) is 22.6. The topological polar surface area (TPSA) is 390 Å². The average molecular weight is 1520 g/mol. The first kappa shape index (κ1) is 109. The Kier molecular flexibility index (Phi) is 83.0. The SMILES string of the molecule is C.C#CCOCCOCCNC(=O)CCC(CCC(=O)NCCOCCOCC#C)(CCC(=O)NCCOCCOCC#C)NC(=O)CCCC(=O)OC.C#CCOCCOCCNC(=O)CCC(CCC(=O)NCCOCCOCC#C)(CCC(=O)NCCOCCOCC#C)NC(=O)CCCCO.[B].[H-].[Na+]. The van der Waals surface area contributed by atoms with Crippen LogP contribution in [0.25, 0.3) is 0 Å². The molecule has 0 bridgehead atoms. The van der Waals surface area contributed by atoms with E-state index in [1.165, 1.54) is 7.11 Å². The number of nitrogens with one attached hydrogen (secondary N) is 8. The molecule has 0 rings (SSSR count). The van der Waals surface area contributed by atoms with Crippen molar-refractivity contribution < 1.29 is 141 Å². The van der Waals surface area contributed by atoms with Gasteiger partial charge < -0.3 is 111 Å². The molecule has 0 saturated carbocycles. The van der Waals surface area contributed by atoms with Crippen LogP contribution in [0.15, 0.2) is 0 Å². The number of esters is 1. The Morgan fingerprint density at radius 1 is 0.308 bits per heavy atom. The van der Waals surface area contributed by atoms with Crippen LogP contribution in [0.2, 0.25) is 0 Å². The smallest absolute Gasteiger partial charge is 1.00 e. The van der Waals surface area contributed by atoms with E-state index >= 15 is 0 Å². The van der Waals surface area contributed by atoms with Gasteiger partial charge in [-0.15, -0.1) is 38.5 Å². The number of carbonyl (C=O) groups excluding carboxylic acids is 9. The van der Waals surface area contributed by atoms with Gasteiger partial charge in [-0.25, -0.2) is 0 Å². The zero-order chi connectivity index (χ0) is 76.9. The maximum atomic E-state index is 13.2. The molecule has 0 fully saturated rings. The predicted octanol–water partition coefficient (Wildman–Crippen LogP) is -3.06. The van der Waals surface area contributed by atoms with Crippen LogP contribution in [0.3, 0.4) is 0 Å². The number of methoxy groups -OCH3 is 1. The molecule has 0 unspecified atom stereocenters. The normalized spacial score (nSPS) is 10.4. The molecule has 0 aromatic rings.